The second kappa shape index (κ2) is 7.96. The predicted molar refractivity (Wildman–Crippen MR) is 118 cm³/mol. The van der Waals surface area contributed by atoms with Gasteiger partial charge < -0.3 is 10.2 Å². The minimum atomic E-state index is -3.63. The van der Waals surface area contributed by atoms with E-state index in [4.69, 9.17) is 0 Å². The van der Waals surface area contributed by atoms with Gasteiger partial charge in [-0.3, -0.25) is 14.5 Å². The fraction of sp³-hybridized carbons (Fsp3) is 0.348. The number of fused-ring (bicyclic) bond motifs is 2. The fourth-order valence-corrected chi connectivity index (χ4v) is 6.33. The molecule has 2 aliphatic heterocycles. The number of carbonyl (C=O) groups excluding carboxylic acids is 3. The van der Waals surface area contributed by atoms with Crippen LogP contribution in [-0.2, 0) is 31.6 Å². The second-order valence-corrected chi connectivity index (χ2v) is 10.4. The summed E-state index contributed by atoms with van der Waals surface area (Å²) in [6.45, 7) is 0.339. The van der Waals surface area contributed by atoms with Crippen LogP contribution >= 0.6 is 0 Å². The lowest BCUT2D eigenvalue weighted by Gasteiger charge is -2.34. The third kappa shape index (κ3) is 3.50. The highest BCUT2D eigenvalue weighted by molar-refractivity contribution is 7.89. The number of hydrogen-bond acceptors (Lipinski definition) is 5. The van der Waals surface area contributed by atoms with Crippen LogP contribution in [0, 0.1) is 0 Å². The summed E-state index contributed by atoms with van der Waals surface area (Å²) in [6, 6.07) is 15.1. The summed E-state index contributed by atoms with van der Waals surface area (Å²) < 4.78 is 26.9. The van der Waals surface area contributed by atoms with Crippen LogP contribution in [0.25, 0.3) is 0 Å². The highest BCUT2D eigenvalue weighted by atomic mass is 32.2. The van der Waals surface area contributed by atoms with Crippen LogP contribution in [-0.4, -0.2) is 73.1 Å². The Kier molecular flexibility index (Phi) is 5.21. The van der Waals surface area contributed by atoms with Gasteiger partial charge in [0.15, 0.2) is 0 Å². The van der Waals surface area contributed by atoms with E-state index in [1.165, 1.54) is 9.21 Å². The molecular formula is C23H24N4O5S. The highest BCUT2D eigenvalue weighted by Crippen LogP contribution is 2.41. The van der Waals surface area contributed by atoms with Gasteiger partial charge in [0.25, 0.3) is 5.91 Å². The van der Waals surface area contributed by atoms with Gasteiger partial charge in [0.05, 0.1) is 4.90 Å². The molecule has 0 aromatic heterocycles. The van der Waals surface area contributed by atoms with E-state index in [0.29, 0.717) is 12.8 Å². The topological polar surface area (TPSA) is 107 Å². The van der Waals surface area contributed by atoms with E-state index in [9.17, 15) is 22.8 Å². The molecule has 1 unspecified atom stereocenters. The van der Waals surface area contributed by atoms with Gasteiger partial charge in [-0.15, -0.1) is 0 Å². The third-order valence-corrected chi connectivity index (χ3v) is 8.60. The molecule has 3 aliphatic rings. The molecular weight excluding hydrogens is 444 g/mol. The number of nitrogens with one attached hydrogen (secondary N) is 1. The first-order valence-electron chi connectivity index (χ1n) is 10.9. The van der Waals surface area contributed by atoms with E-state index in [2.05, 4.69) is 5.32 Å². The summed E-state index contributed by atoms with van der Waals surface area (Å²) >= 11 is 0. The molecule has 4 amide bonds. The van der Waals surface area contributed by atoms with Gasteiger partial charge >= 0.3 is 6.03 Å². The Hall–Kier alpha value is -3.24. The average Bonchev–Trinajstić information content (AvgIpc) is 3.32. The van der Waals surface area contributed by atoms with Crippen molar-refractivity contribution in [3.8, 4) is 0 Å². The van der Waals surface area contributed by atoms with Crippen molar-refractivity contribution >= 4 is 27.9 Å². The highest BCUT2D eigenvalue weighted by Gasteiger charge is 2.55. The molecule has 10 heteroatoms. The molecule has 2 saturated heterocycles. The lowest BCUT2D eigenvalue weighted by atomic mass is 9.92. The van der Waals surface area contributed by atoms with Crippen LogP contribution in [0.1, 0.15) is 17.5 Å². The van der Waals surface area contributed by atoms with E-state index in [1.807, 2.05) is 24.3 Å². The minimum Gasteiger partial charge on any atom is -0.338 e. The molecule has 2 aromatic carbocycles. The third-order valence-electron chi connectivity index (χ3n) is 6.69. The van der Waals surface area contributed by atoms with Crippen molar-refractivity contribution in [3.05, 3.63) is 65.7 Å². The lowest BCUT2D eigenvalue weighted by molar-refractivity contribution is -0.139. The molecule has 1 spiro atoms. The van der Waals surface area contributed by atoms with Crippen LogP contribution in [0.15, 0.2) is 59.5 Å². The maximum absolute atomic E-state index is 13.2. The number of benzene rings is 2. The van der Waals surface area contributed by atoms with Crippen LogP contribution in [0.2, 0.25) is 0 Å². The average molecular weight is 469 g/mol. The number of carbonyl (C=O) groups is 3. The van der Waals surface area contributed by atoms with Crippen LogP contribution in [0.5, 0.6) is 0 Å². The Balaban J connectivity index is 1.24. The summed E-state index contributed by atoms with van der Waals surface area (Å²) in [6.07, 6.45) is 1.15. The predicted octanol–water partition coefficient (Wildman–Crippen LogP) is 0.913. The van der Waals surface area contributed by atoms with Crippen molar-refractivity contribution in [2.45, 2.75) is 23.3 Å². The van der Waals surface area contributed by atoms with Crippen LogP contribution in [0.3, 0.4) is 0 Å². The van der Waals surface area contributed by atoms with E-state index in [-0.39, 0.29) is 43.5 Å². The first-order chi connectivity index (χ1) is 15.8. The summed E-state index contributed by atoms with van der Waals surface area (Å²) in [5, 5.41) is 2.82. The molecule has 2 fully saturated rings. The molecule has 0 bridgehead atoms. The van der Waals surface area contributed by atoms with Crippen molar-refractivity contribution in [2.75, 3.05) is 32.7 Å². The number of sulfonamides is 1. The van der Waals surface area contributed by atoms with Crippen LogP contribution < -0.4 is 5.32 Å². The van der Waals surface area contributed by atoms with E-state index in [0.717, 1.165) is 16.0 Å². The van der Waals surface area contributed by atoms with Crippen molar-refractivity contribution < 1.29 is 22.8 Å². The van der Waals surface area contributed by atoms with Gasteiger partial charge in [-0.1, -0.05) is 42.5 Å². The zero-order valence-electron chi connectivity index (χ0n) is 17.9. The zero-order chi connectivity index (χ0) is 23.2. The van der Waals surface area contributed by atoms with E-state index < -0.39 is 27.5 Å². The monoisotopic (exact) mass is 468 g/mol. The smallest absolute Gasteiger partial charge is 0.325 e. The molecule has 1 aliphatic carbocycles. The first-order valence-corrected chi connectivity index (χ1v) is 12.3. The lowest BCUT2D eigenvalue weighted by Crippen LogP contribution is -2.53. The molecule has 0 radical (unpaired) electrons. The Bertz CT molecular complexity index is 1220. The number of hydrogen-bond donors (Lipinski definition) is 1. The van der Waals surface area contributed by atoms with Gasteiger partial charge in [0.2, 0.25) is 15.9 Å². The first kappa shape index (κ1) is 21.6. The normalized spacial score (nSPS) is 23.2. The molecule has 172 valence electrons. The molecule has 5 rings (SSSR count). The van der Waals surface area contributed by atoms with Gasteiger partial charge in [-0.25, -0.2) is 13.2 Å². The largest absolute Gasteiger partial charge is 0.338 e. The summed E-state index contributed by atoms with van der Waals surface area (Å²) in [5.41, 5.74) is 0.712. The number of imide groups is 1. The molecule has 1 atom stereocenters. The minimum absolute atomic E-state index is 0.153. The Morgan fingerprint density at radius 3 is 2.33 bits per heavy atom. The van der Waals surface area contributed by atoms with Crippen molar-refractivity contribution in [2.24, 2.45) is 0 Å². The number of aryl methyl sites for hydroxylation is 1. The van der Waals surface area contributed by atoms with Gasteiger partial charge in [0, 0.05) is 26.2 Å². The van der Waals surface area contributed by atoms with Gasteiger partial charge in [0.1, 0.15) is 12.1 Å². The zero-order valence-corrected chi connectivity index (χ0v) is 18.8. The molecule has 2 aromatic rings. The maximum Gasteiger partial charge on any atom is 0.325 e. The van der Waals surface area contributed by atoms with E-state index >= 15 is 0 Å². The van der Waals surface area contributed by atoms with Gasteiger partial charge in [-0.05, 0) is 36.1 Å². The summed E-state index contributed by atoms with van der Waals surface area (Å²) in [5.74, 6) is -0.783. The molecule has 2 heterocycles. The number of amides is 4. The maximum atomic E-state index is 13.2. The quantitative estimate of drug-likeness (QED) is 0.672. The Morgan fingerprint density at radius 2 is 1.61 bits per heavy atom. The molecule has 9 nitrogen and oxygen atoms in total. The number of rotatable bonds is 4. The van der Waals surface area contributed by atoms with Crippen molar-refractivity contribution in [1.82, 2.24) is 19.4 Å². The number of urea groups is 1. The molecule has 1 N–H and O–H groups in total. The summed E-state index contributed by atoms with van der Waals surface area (Å²) in [4.78, 5) is 41.5. The Labute approximate surface area is 192 Å². The van der Waals surface area contributed by atoms with Gasteiger partial charge in [-0.2, -0.15) is 4.31 Å². The second-order valence-electron chi connectivity index (χ2n) is 8.48. The van der Waals surface area contributed by atoms with Crippen LogP contribution in [0.4, 0.5) is 4.79 Å². The standard InChI is InChI=1S/C23H24N4O5S/c28-20(25-12-14-26(15-13-25)33(31,32)18-7-2-1-3-8-18)16-27-21(29)23(24-22(27)30)11-10-17-6-4-5-9-19(17)23/h1-9H,10-16H2,(H,24,30). The number of piperazine rings is 1. The van der Waals surface area contributed by atoms with Crippen molar-refractivity contribution in [1.29, 1.82) is 0 Å². The fourth-order valence-electron chi connectivity index (χ4n) is 4.89. The molecule has 33 heavy (non-hydrogen) atoms. The number of nitrogens with zero attached hydrogens (tertiary/aromatic N) is 3. The summed E-state index contributed by atoms with van der Waals surface area (Å²) in [7, 11) is -3.63. The molecule has 0 saturated carbocycles. The van der Waals surface area contributed by atoms with Crippen molar-refractivity contribution in [3.63, 3.8) is 0 Å². The van der Waals surface area contributed by atoms with E-state index in [1.54, 1.807) is 30.3 Å². The Morgan fingerprint density at radius 1 is 0.939 bits per heavy atom. The SMILES string of the molecule is O=C(CN1C(=O)NC2(CCc3ccccc32)C1=O)N1CCN(S(=O)(=O)c2ccccc2)CC1.